The number of halogens is 1. The Kier molecular flexibility index (Phi) is 4.57. The number of fused-ring (bicyclic) bond motifs is 1. The number of aryl methyl sites for hydroxylation is 1. The second-order valence-corrected chi connectivity index (χ2v) is 7.63. The first kappa shape index (κ1) is 17.5. The molecule has 0 unspecified atom stereocenters. The van der Waals surface area contributed by atoms with Crippen LogP contribution in [0.2, 0.25) is 0 Å². The van der Waals surface area contributed by atoms with E-state index in [1.165, 1.54) is 27.0 Å². The van der Waals surface area contributed by atoms with Gasteiger partial charge in [-0.15, -0.1) is 0 Å². The molecule has 0 radical (unpaired) electrons. The van der Waals surface area contributed by atoms with E-state index in [1.54, 1.807) is 38.2 Å². The van der Waals surface area contributed by atoms with Crippen LogP contribution in [-0.2, 0) is 10.0 Å². The molecular weight excluding hydrogens is 343 g/mol. The van der Waals surface area contributed by atoms with E-state index in [0.717, 1.165) is 5.69 Å². The van der Waals surface area contributed by atoms with Crippen molar-refractivity contribution in [3.63, 3.8) is 0 Å². The van der Waals surface area contributed by atoms with Gasteiger partial charge < -0.3 is 0 Å². The van der Waals surface area contributed by atoms with Crippen LogP contribution in [0.1, 0.15) is 31.1 Å². The number of imidazole rings is 1. The first-order valence-electron chi connectivity index (χ1n) is 7.93. The highest BCUT2D eigenvalue weighted by molar-refractivity contribution is 7.89. The summed E-state index contributed by atoms with van der Waals surface area (Å²) in [5, 5.41) is 4.14. The molecule has 1 atom stereocenters. The zero-order valence-electron chi connectivity index (χ0n) is 14.2. The van der Waals surface area contributed by atoms with E-state index in [1.807, 2.05) is 6.92 Å². The Morgan fingerprint density at radius 3 is 2.52 bits per heavy atom. The highest BCUT2D eigenvalue weighted by Crippen LogP contribution is 2.26. The summed E-state index contributed by atoms with van der Waals surface area (Å²) in [6, 6.07) is 8.47. The minimum Gasteiger partial charge on any atom is -0.232 e. The maximum atomic E-state index is 13.1. The summed E-state index contributed by atoms with van der Waals surface area (Å²) in [6.45, 7) is 5.62. The van der Waals surface area contributed by atoms with Gasteiger partial charge in [-0.05, 0) is 43.7 Å². The summed E-state index contributed by atoms with van der Waals surface area (Å²) in [5.41, 5.74) is 2.06. The highest BCUT2D eigenvalue weighted by atomic mass is 32.2. The van der Waals surface area contributed by atoms with E-state index in [-0.39, 0.29) is 17.4 Å². The van der Waals surface area contributed by atoms with Gasteiger partial charge >= 0.3 is 0 Å². The maximum absolute atomic E-state index is 13.1. The molecular formula is C17H19FN4O2S. The van der Waals surface area contributed by atoms with Crippen LogP contribution >= 0.6 is 0 Å². The summed E-state index contributed by atoms with van der Waals surface area (Å²) < 4.78 is 42.0. The third-order valence-electron chi connectivity index (χ3n) is 4.09. The van der Waals surface area contributed by atoms with Gasteiger partial charge in [0.25, 0.3) is 10.0 Å². The predicted octanol–water partition coefficient (Wildman–Crippen LogP) is 2.95. The highest BCUT2D eigenvalue weighted by Gasteiger charge is 2.30. The lowest BCUT2D eigenvalue weighted by molar-refractivity contribution is 0.355. The number of hydrogen-bond acceptors (Lipinski definition) is 4. The summed E-state index contributed by atoms with van der Waals surface area (Å²) in [4.78, 5) is 4.25. The molecule has 0 saturated carbocycles. The number of nitrogens with zero attached hydrogens (tertiary/aromatic N) is 4. The minimum atomic E-state index is -3.81. The number of aromatic nitrogens is 3. The van der Waals surface area contributed by atoms with Crippen molar-refractivity contribution in [3.05, 3.63) is 59.7 Å². The van der Waals surface area contributed by atoms with Crippen LogP contribution in [0, 0.1) is 12.7 Å². The molecule has 0 aliphatic heterocycles. The number of rotatable bonds is 5. The number of sulfonamides is 1. The van der Waals surface area contributed by atoms with E-state index in [2.05, 4.69) is 10.1 Å². The van der Waals surface area contributed by atoms with Crippen LogP contribution in [0.4, 0.5) is 4.39 Å². The van der Waals surface area contributed by atoms with E-state index < -0.39 is 16.1 Å². The molecule has 25 heavy (non-hydrogen) atoms. The lowest BCUT2D eigenvalue weighted by Gasteiger charge is -2.27. The zero-order valence-corrected chi connectivity index (χ0v) is 15.0. The standard InChI is InChI=1S/C17H19FN4O2S/c1-4-22(13(3)14-5-7-15(18)8-6-14)25(23,24)17-10-9-16-19-12(2)11-21(16)20-17/h5-11,13H,4H2,1-3H3/t13-/m0/s1. The smallest absolute Gasteiger partial charge is 0.232 e. The van der Waals surface area contributed by atoms with Crippen LogP contribution in [0.5, 0.6) is 0 Å². The molecule has 0 aliphatic carbocycles. The first-order chi connectivity index (χ1) is 11.8. The molecule has 0 spiro atoms. The van der Waals surface area contributed by atoms with E-state index >= 15 is 0 Å². The van der Waals surface area contributed by atoms with Gasteiger partial charge in [0, 0.05) is 12.6 Å². The Morgan fingerprint density at radius 2 is 1.88 bits per heavy atom. The molecule has 0 saturated heterocycles. The average Bonchev–Trinajstić information content (AvgIpc) is 2.94. The van der Waals surface area contributed by atoms with E-state index in [9.17, 15) is 12.8 Å². The fourth-order valence-corrected chi connectivity index (χ4v) is 4.35. The van der Waals surface area contributed by atoms with Crippen LogP contribution in [0.3, 0.4) is 0 Å². The molecule has 8 heteroatoms. The van der Waals surface area contributed by atoms with E-state index in [0.29, 0.717) is 11.2 Å². The molecule has 3 aromatic rings. The van der Waals surface area contributed by atoms with Crippen molar-refractivity contribution in [1.82, 2.24) is 18.9 Å². The van der Waals surface area contributed by atoms with Gasteiger partial charge in [-0.1, -0.05) is 19.1 Å². The molecule has 0 aliphatic rings. The van der Waals surface area contributed by atoms with Crippen molar-refractivity contribution in [2.75, 3.05) is 6.54 Å². The van der Waals surface area contributed by atoms with Crippen molar-refractivity contribution < 1.29 is 12.8 Å². The normalized spacial score (nSPS) is 13.5. The Morgan fingerprint density at radius 1 is 1.20 bits per heavy atom. The van der Waals surface area contributed by atoms with Crippen molar-refractivity contribution >= 4 is 15.7 Å². The summed E-state index contributed by atoms with van der Waals surface area (Å²) in [6.07, 6.45) is 1.67. The van der Waals surface area contributed by atoms with E-state index in [4.69, 9.17) is 0 Å². The zero-order chi connectivity index (χ0) is 18.2. The Balaban J connectivity index is 2.00. The van der Waals surface area contributed by atoms with Gasteiger partial charge in [-0.3, -0.25) is 0 Å². The van der Waals surface area contributed by atoms with Crippen LogP contribution in [-0.4, -0.2) is 33.9 Å². The molecule has 0 fully saturated rings. The Labute approximate surface area is 146 Å². The summed E-state index contributed by atoms with van der Waals surface area (Å²) in [7, 11) is -3.81. The van der Waals surface area contributed by atoms with Gasteiger partial charge in [0.15, 0.2) is 10.7 Å². The van der Waals surface area contributed by atoms with Crippen molar-refractivity contribution in [2.45, 2.75) is 31.8 Å². The maximum Gasteiger partial charge on any atom is 0.262 e. The lowest BCUT2D eigenvalue weighted by atomic mass is 10.1. The summed E-state index contributed by atoms with van der Waals surface area (Å²) >= 11 is 0. The molecule has 0 amide bonds. The molecule has 1 aromatic carbocycles. The first-order valence-corrected chi connectivity index (χ1v) is 9.37. The van der Waals surface area contributed by atoms with Crippen LogP contribution < -0.4 is 0 Å². The third-order valence-corrected chi connectivity index (χ3v) is 6.02. The molecule has 6 nitrogen and oxygen atoms in total. The van der Waals surface area contributed by atoms with Gasteiger partial charge in [-0.25, -0.2) is 22.3 Å². The molecule has 3 rings (SSSR count). The minimum absolute atomic E-state index is 0.0480. The monoisotopic (exact) mass is 362 g/mol. The number of benzene rings is 1. The Hall–Kier alpha value is -2.32. The van der Waals surface area contributed by atoms with Gasteiger partial charge in [0.2, 0.25) is 0 Å². The number of hydrogen-bond donors (Lipinski definition) is 0. The van der Waals surface area contributed by atoms with Crippen molar-refractivity contribution in [2.24, 2.45) is 0 Å². The van der Waals surface area contributed by atoms with Crippen molar-refractivity contribution in [1.29, 1.82) is 0 Å². The quantitative estimate of drug-likeness (QED) is 0.700. The molecule has 2 aromatic heterocycles. The van der Waals surface area contributed by atoms with Gasteiger partial charge in [-0.2, -0.15) is 9.40 Å². The van der Waals surface area contributed by atoms with Gasteiger partial charge in [0.1, 0.15) is 5.82 Å². The second kappa shape index (κ2) is 6.53. The largest absolute Gasteiger partial charge is 0.262 e. The molecule has 0 bridgehead atoms. The molecule has 0 N–H and O–H groups in total. The Bertz CT molecular complexity index is 999. The molecule has 132 valence electrons. The topological polar surface area (TPSA) is 67.6 Å². The van der Waals surface area contributed by atoms with Crippen LogP contribution in [0.25, 0.3) is 5.65 Å². The summed E-state index contributed by atoms with van der Waals surface area (Å²) in [5.74, 6) is -0.357. The second-order valence-electron chi connectivity index (χ2n) is 5.79. The average molecular weight is 362 g/mol. The SMILES string of the molecule is CCN([C@@H](C)c1ccc(F)cc1)S(=O)(=O)c1ccc2nc(C)cn2n1. The predicted molar refractivity (Wildman–Crippen MR) is 92.1 cm³/mol. The lowest BCUT2D eigenvalue weighted by Crippen LogP contribution is -2.34. The van der Waals surface area contributed by atoms with Gasteiger partial charge in [0.05, 0.1) is 11.9 Å². The van der Waals surface area contributed by atoms with Crippen LogP contribution in [0.15, 0.2) is 47.6 Å². The fraction of sp³-hybridized carbons (Fsp3) is 0.294. The fourth-order valence-electron chi connectivity index (χ4n) is 2.80. The molecule has 2 heterocycles. The van der Waals surface area contributed by atoms with Crippen molar-refractivity contribution in [3.8, 4) is 0 Å². The third kappa shape index (κ3) is 3.27.